The van der Waals surface area contributed by atoms with Gasteiger partial charge in [0, 0.05) is 0 Å². The fourth-order valence-electron chi connectivity index (χ4n) is 1.45. The van der Waals surface area contributed by atoms with Crippen molar-refractivity contribution in [1.82, 2.24) is 0 Å². The summed E-state index contributed by atoms with van der Waals surface area (Å²) in [6, 6.07) is 4.73. The van der Waals surface area contributed by atoms with E-state index in [0.29, 0.717) is 5.75 Å². The average molecular weight is 237 g/mol. The SMILES string of the molecule is CC(C)Oc1ccc(OC2CC2)cc1[N+](=O)[O-]. The van der Waals surface area contributed by atoms with E-state index in [1.165, 1.54) is 6.07 Å². The number of nitro benzene ring substituents is 1. The minimum absolute atomic E-state index is 0.0446. The molecule has 0 aliphatic heterocycles. The summed E-state index contributed by atoms with van der Waals surface area (Å²) in [6.45, 7) is 3.66. The molecule has 0 aromatic heterocycles. The molecule has 0 amide bonds. The van der Waals surface area contributed by atoms with Crippen molar-refractivity contribution in [1.29, 1.82) is 0 Å². The normalized spacial score (nSPS) is 14.8. The maximum Gasteiger partial charge on any atom is 0.314 e. The van der Waals surface area contributed by atoms with E-state index in [4.69, 9.17) is 9.47 Å². The van der Waals surface area contributed by atoms with Gasteiger partial charge < -0.3 is 9.47 Å². The highest BCUT2D eigenvalue weighted by Gasteiger charge is 2.25. The summed E-state index contributed by atoms with van der Waals surface area (Å²) in [5.41, 5.74) is -0.0446. The molecule has 1 aromatic rings. The Morgan fingerprint density at radius 1 is 1.41 bits per heavy atom. The molecule has 92 valence electrons. The van der Waals surface area contributed by atoms with Gasteiger partial charge in [-0.05, 0) is 38.8 Å². The van der Waals surface area contributed by atoms with Gasteiger partial charge in [-0.2, -0.15) is 0 Å². The second kappa shape index (κ2) is 4.61. The van der Waals surface area contributed by atoms with Crippen molar-refractivity contribution in [3.63, 3.8) is 0 Å². The van der Waals surface area contributed by atoms with Gasteiger partial charge in [-0.3, -0.25) is 10.1 Å². The van der Waals surface area contributed by atoms with Gasteiger partial charge in [0.1, 0.15) is 5.75 Å². The van der Waals surface area contributed by atoms with E-state index in [9.17, 15) is 10.1 Å². The first-order valence-corrected chi connectivity index (χ1v) is 5.68. The summed E-state index contributed by atoms with van der Waals surface area (Å²) < 4.78 is 10.9. The minimum Gasteiger partial charge on any atom is -0.490 e. The third kappa shape index (κ3) is 3.09. The van der Waals surface area contributed by atoms with Gasteiger partial charge in [-0.25, -0.2) is 0 Å². The Labute approximate surface area is 99.5 Å². The number of hydrogen-bond donors (Lipinski definition) is 0. The summed E-state index contributed by atoms with van der Waals surface area (Å²) in [6.07, 6.45) is 2.19. The molecule has 17 heavy (non-hydrogen) atoms. The molecule has 0 N–H and O–H groups in total. The summed E-state index contributed by atoms with van der Waals surface area (Å²) in [5, 5.41) is 10.9. The van der Waals surface area contributed by atoms with Crippen LogP contribution in [0.4, 0.5) is 5.69 Å². The maximum atomic E-state index is 10.9. The van der Waals surface area contributed by atoms with Crippen molar-refractivity contribution < 1.29 is 14.4 Å². The van der Waals surface area contributed by atoms with Gasteiger partial charge in [-0.15, -0.1) is 0 Å². The number of benzene rings is 1. The molecule has 1 aliphatic carbocycles. The van der Waals surface area contributed by atoms with Crippen molar-refractivity contribution in [2.45, 2.75) is 38.9 Å². The van der Waals surface area contributed by atoms with Crippen molar-refractivity contribution in [3.8, 4) is 11.5 Å². The van der Waals surface area contributed by atoms with Crippen LogP contribution in [0.5, 0.6) is 11.5 Å². The standard InChI is InChI=1S/C12H15NO4/c1-8(2)16-12-6-5-10(17-9-3-4-9)7-11(12)13(14)15/h5-9H,3-4H2,1-2H3. The van der Waals surface area contributed by atoms with Crippen LogP contribution in [0, 0.1) is 10.1 Å². The van der Waals surface area contributed by atoms with Gasteiger partial charge >= 0.3 is 5.69 Å². The van der Waals surface area contributed by atoms with Crippen molar-refractivity contribution >= 4 is 5.69 Å². The topological polar surface area (TPSA) is 61.6 Å². The summed E-state index contributed by atoms with van der Waals surface area (Å²) in [5.74, 6) is 0.823. The molecule has 1 fully saturated rings. The molecular formula is C12H15NO4. The lowest BCUT2D eigenvalue weighted by atomic mass is 10.2. The Balaban J connectivity index is 2.22. The number of nitro groups is 1. The third-order valence-corrected chi connectivity index (χ3v) is 2.32. The van der Waals surface area contributed by atoms with Gasteiger partial charge in [0.15, 0.2) is 5.75 Å². The van der Waals surface area contributed by atoms with E-state index in [1.807, 2.05) is 13.8 Å². The predicted molar refractivity (Wildman–Crippen MR) is 62.5 cm³/mol. The van der Waals surface area contributed by atoms with E-state index < -0.39 is 4.92 Å². The highest BCUT2D eigenvalue weighted by Crippen LogP contribution is 2.34. The lowest BCUT2D eigenvalue weighted by molar-refractivity contribution is -0.386. The maximum absolute atomic E-state index is 10.9. The van der Waals surface area contributed by atoms with Gasteiger partial charge in [0.25, 0.3) is 0 Å². The second-order valence-corrected chi connectivity index (χ2v) is 4.37. The van der Waals surface area contributed by atoms with Crippen LogP contribution in [0.2, 0.25) is 0 Å². The first-order chi connectivity index (χ1) is 8.06. The lowest BCUT2D eigenvalue weighted by Crippen LogP contribution is -2.07. The van der Waals surface area contributed by atoms with E-state index in [0.717, 1.165) is 12.8 Å². The van der Waals surface area contributed by atoms with E-state index in [-0.39, 0.29) is 23.6 Å². The van der Waals surface area contributed by atoms with Gasteiger partial charge in [0.2, 0.25) is 0 Å². The minimum atomic E-state index is -0.447. The lowest BCUT2D eigenvalue weighted by Gasteiger charge is -2.11. The van der Waals surface area contributed by atoms with Crippen LogP contribution >= 0.6 is 0 Å². The van der Waals surface area contributed by atoms with Crippen molar-refractivity contribution in [2.24, 2.45) is 0 Å². The zero-order chi connectivity index (χ0) is 12.4. The Morgan fingerprint density at radius 3 is 2.65 bits per heavy atom. The quantitative estimate of drug-likeness (QED) is 0.583. The first kappa shape index (κ1) is 11.7. The second-order valence-electron chi connectivity index (χ2n) is 4.37. The zero-order valence-corrected chi connectivity index (χ0v) is 9.88. The molecule has 0 atom stereocenters. The smallest absolute Gasteiger partial charge is 0.314 e. The van der Waals surface area contributed by atoms with E-state index in [1.54, 1.807) is 12.1 Å². The van der Waals surface area contributed by atoms with Gasteiger partial charge in [0.05, 0.1) is 23.2 Å². The van der Waals surface area contributed by atoms with Crippen LogP contribution in [-0.2, 0) is 0 Å². The third-order valence-electron chi connectivity index (χ3n) is 2.32. The van der Waals surface area contributed by atoms with Crippen LogP contribution in [0.25, 0.3) is 0 Å². The van der Waals surface area contributed by atoms with Crippen molar-refractivity contribution in [3.05, 3.63) is 28.3 Å². The molecule has 0 heterocycles. The number of rotatable bonds is 5. The zero-order valence-electron chi connectivity index (χ0n) is 9.88. The Hall–Kier alpha value is -1.78. The molecular weight excluding hydrogens is 222 g/mol. The monoisotopic (exact) mass is 237 g/mol. The highest BCUT2D eigenvalue weighted by atomic mass is 16.6. The number of nitrogens with zero attached hydrogens (tertiary/aromatic N) is 1. The first-order valence-electron chi connectivity index (χ1n) is 5.68. The molecule has 1 aliphatic rings. The van der Waals surface area contributed by atoms with Crippen LogP contribution in [0.3, 0.4) is 0 Å². The van der Waals surface area contributed by atoms with E-state index in [2.05, 4.69) is 0 Å². The molecule has 5 heteroatoms. The average Bonchev–Trinajstić information content (AvgIpc) is 3.03. The van der Waals surface area contributed by atoms with Crippen molar-refractivity contribution in [2.75, 3.05) is 0 Å². The number of hydrogen-bond acceptors (Lipinski definition) is 4. The number of ether oxygens (including phenoxy) is 2. The highest BCUT2D eigenvalue weighted by molar-refractivity contribution is 5.51. The molecule has 0 saturated heterocycles. The Morgan fingerprint density at radius 2 is 2.12 bits per heavy atom. The largest absolute Gasteiger partial charge is 0.490 e. The van der Waals surface area contributed by atoms with Crippen LogP contribution < -0.4 is 9.47 Å². The van der Waals surface area contributed by atoms with Gasteiger partial charge in [-0.1, -0.05) is 0 Å². The molecule has 1 aromatic carbocycles. The molecule has 5 nitrogen and oxygen atoms in total. The summed E-state index contributed by atoms with van der Waals surface area (Å²) >= 11 is 0. The molecule has 0 unspecified atom stereocenters. The summed E-state index contributed by atoms with van der Waals surface area (Å²) in [4.78, 5) is 10.5. The fraction of sp³-hybridized carbons (Fsp3) is 0.500. The molecule has 0 bridgehead atoms. The summed E-state index contributed by atoms with van der Waals surface area (Å²) in [7, 11) is 0. The van der Waals surface area contributed by atoms with E-state index >= 15 is 0 Å². The Bertz CT molecular complexity index is 427. The molecule has 2 rings (SSSR count). The molecule has 1 saturated carbocycles. The fourth-order valence-corrected chi connectivity index (χ4v) is 1.45. The van der Waals surface area contributed by atoms with Crippen LogP contribution in [-0.4, -0.2) is 17.1 Å². The van der Waals surface area contributed by atoms with Crippen LogP contribution in [0.15, 0.2) is 18.2 Å². The predicted octanol–water partition coefficient (Wildman–Crippen LogP) is 2.92. The van der Waals surface area contributed by atoms with Crippen LogP contribution in [0.1, 0.15) is 26.7 Å². The molecule has 0 radical (unpaired) electrons. The Kier molecular flexibility index (Phi) is 3.17. The molecule has 0 spiro atoms.